The number of carbonyl (C=O) groups is 3. The van der Waals surface area contributed by atoms with Crippen LogP contribution >= 0.6 is 12.4 Å². The molecule has 6 aliphatic heterocycles. The monoisotopic (exact) mass is 1580 g/mol. The number of hydrogen-bond acceptors (Lipinski definition) is 26. The van der Waals surface area contributed by atoms with Crippen LogP contribution in [0.5, 0.6) is 5.75 Å². The first-order valence-corrected chi connectivity index (χ1v) is 35.4. The number of nitrogens with one attached hydrogen (secondary N) is 3. The van der Waals surface area contributed by atoms with Gasteiger partial charge in [0.25, 0.3) is 28.8 Å². The molecule has 6 aliphatic rings. The lowest BCUT2D eigenvalue weighted by molar-refractivity contribution is -0.142. The molecule has 41 heteroatoms. The van der Waals surface area contributed by atoms with Gasteiger partial charge in [-0.3, -0.25) is 24.0 Å². The third-order valence-electron chi connectivity index (χ3n) is 19.5. The van der Waals surface area contributed by atoms with E-state index >= 15 is 0 Å². The molecule has 0 radical (unpaired) electrons. The molecule has 0 spiro atoms. The summed E-state index contributed by atoms with van der Waals surface area (Å²) in [4.78, 5) is 95.8. The van der Waals surface area contributed by atoms with E-state index < -0.39 is 83.9 Å². The van der Waals surface area contributed by atoms with Crippen LogP contribution in [-0.2, 0) is 53.7 Å². The zero-order valence-electron chi connectivity index (χ0n) is 60.9. The number of likely N-dealkylation sites (tertiary alicyclic amines) is 3. The molecule has 604 valence electrons. The van der Waals surface area contributed by atoms with Gasteiger partial charge in [0.2, 0.25) is 17.8 Å². The minimum absolute atomic E-state index is 0. The van der Waals surface area contributed by atoms with Gasteiger partial charge in [-0.1, -0.05) is 12.1 Å². The van der Waals surface area contributed by atoms with Crippen LogP contribution in [0.4, 0.5) is 68.7 Å². The number of aromatic nitrogens is 10. The number of methoxy groups -OCH3 is 1. The van der Waals surface area contributed by atoms with Crippen molar-refractivity contribution in [3.63, 3.8) is 0 Å². The molecule has 6 aromatic rings. The van der Waals surface area contributed by atoms with Crippen LogP contribution in [0.1, 0.15) is 94.1 Å². The van der Waals surface area contributed by atoms with Gasteiger partial charge in [-0.2, -0.15) is 49.7 Å². The van der Waals surface area contributed by atoms with Gasteiger partial charge in [-0.05, 0) is 71.6 Å². The van der Waals surface area contributed by atoms with Crippen molar-refractivity contribution >= 4 is 59.3 Å². The second-order valence-corrected chi connectivity index (χ2v) is 27.6. The minimum Gasteiger partial charge on any atom is -0.497 e. The molecule has 110 heavy (non-hydrogen) atoms. The van der Waals surface area contributed by atoms with Gasteiger partial charge in [-0.15, -0.1) is 12.4 Å². The van der Waals surface area contributed by atoms with E-state index in [1.54, 1.807) is 63.5 Å². The molecule has 0 saturated carbocycles. The molecular formula is C69H91ClF9N19O12. The molecule has 1 aromatic carbocycles. The van der Waals surface area contributed by atoms with Crippen molar-refractivity contribution in [3.05, 3.63) is 128 Å². The van der Waals surface area contributed by atoms with Crippen molar-refractivity contribution in [1.82, 2.24) is 64.6 Å². The second-order valence-electron chi connectivity index (χ2n) is 27.6. The van der Waals surface area contributed by atoms with Gasteiger partial charge < -0.3 is 80.0 Å². The van der Waals surface area contributed by atoms with Crippen LogP contribution in [0.15, 0.2) is 83.4 Å². The van der Waals surface area contributed by atoms with Crippen LogP contribution in [-0.4, -0.2) is 256 Å². The van der Waals surface area contributed by atoms with Gasteiger partial charge in [0.05, 0.1) is 110 Å². The number of aromatic amines is 1. The zero-order valence-corrected chi connectivity index (χ0v) is 61.7. The number of halogens is 10. The molecule has 31 nitrogen and oxygen atoms in total. The van der Waals surface area contributed by atoms with Crippen molar-refractivity contribution in [2.45, 2.75) is 171 Å². The number of piperidine rings is 3. The molecule has 12 rings (SSSR count). The van der Waals surface area contributed by atoms with Crippen molar-refractivity contribution in [3.8, 4) is 5.75 Å². The third-order valence-corrected chi connectivity index (χ3v) is 19.5. The van der Waals surface area contributed by atoms with Gasteiger partial charge in [0, 0.05) is 146 Å². The number of anilines is 5. The van der Waals surface area contributed by atoms with Crippen LogP contribution in [0.3, 0.4) is 0 Å². The van der Waals surface area contributed by atoms with Gasteiger partial charge in [0.15, 0.2) is 0 Å². The van der Waals surface area contributed by atoms with E-state index in [0.717, 1.165) is 48.5 Å². The summed E-state index contributed by atoms with van der Waals surface area (Å²) in [5.74, 6) is 0.452. The van der Waals surface area contributed by atoms with E-state index in [0.29, 0.717) is 107 Å². The number of β-amino-alcohol motifs (C(OH)–C–C–N with tert-alkyl or cyclic N) is 3. The van der Waals surface area contributed by atoms with Crippen molar-refractivity contribution in [2.24, 2.45) is 5.73 Å². The Morgan fingerprint density at radius 2 is 0.882 bits per heavy atom. The average molecular weight is 1590 g/mol. The van der Waals surface area contributed by atoms with Crippen molar-refractivity contribution in [1.29, 1.82) is 0 Å². The highest BCUT2D eigenvalue weighted by atomic mass is 35.5. The number of carbonyl (C=O) groups excluding carboxylic acids is 3. The van der Waals surface area contributed by atoms with Gasteiger partial charge >= 0.3 is 18.5 Å². The molecule has 6 saturated heterocycles. The molecule has 5 aromatic heterocycles. The lowest BCUT2D eigenvalue weighted by Gasteiger charge is -2.40. The van der Waals surface area contributed by atoms with Crippen LogP contribution in [0.2, 0.25) is 0 Å². The number of nitrogens with zero attached hydrogens (tertiary/aromatic N) is 15. The summed E-state index contributed by atoms with van der Waals surface area (Å²) in [7, 11) is 1.59. The highest BCUT2D eigenvalue weighted by molar-refractivity contribution is 5.85. The largest absolute Gasteiger partial charge is 0.497 e. The predicted octanol–water partition coefficient (Wildman–Crippen LogP) is 4.49. The number of H-pyrrole nitrogens is 1. The van der Waals surface area contributed by atoms with E-state index in [2.05, 4.69) is 55.8 Å². The lowest BCUT2D eigenvalue weighted by atomic mass is 10.0. The molecular weight excluding hydrogens is 1490 g/mol. The first-order chi connectivity index (χ1) is 51.6. The number of ether oxygens (including phenoxy) is 4. The van der Waals surface area contributed by atoms with E-state index in [1.165, 1.54) is 10.9 Å². The maximum Gasteiger partial charge on any atom is 0.419 e. The zero-order chi connectivity index (χ0) is 78.8. The molecule has 0 aliphatic carbocycles. The Kier molecular flexibility index (Phi) is 28.3. The first kappa shape index (κ1) is 84.8. The summed E-state index contributed by atoms with van der Waals surface area (Å²) in [6.07, 6.45) is -7.94. The Morgan fingerprint density at radius 3 is 1.22 bits per heavy atom. The topological polar surface area (TPSA) is 376 Å². The Bertz CT molecular complexity index is 4170. The SMILES string of the molecule is COc1ccc(Cn2ncc(N[C@@H](C)CO[C@@H]3CCN([C@@H]4CCN(c5ncc(C(F)(F)F)cn5)C[C@H]4O)C3=O)c(C)c2=O)cc1.C[C@H](N)CO[C@@H]1CCN([C@@H]2CCN(c3ncc(C(F)(F)F)cn3)C[C@H]2O)C1=O.Cc1c(N[C@@H](C)CO[C@@H]2CCN([C@@H]3CCN(c4ncc(C(F)(F)F)cn4)C[C@H]3O)C2=O)cn[nH]c1=O.Cl.[HH]. The molecule has 3 amide bonds. The summed E-state index contributed by atoms with van der Waals surface area (Å²) in [5.41, 5.74) is 5.41. The quantitative estimate of drug-likeness (QED) is 0.0460. The Balaban J connectivity index is 0.000000213. The number of benzene rings is 1. The first-order valence-electron chi connectivity index (χ1n) is 35.4. The molecule has 6 fully saturated rings. The normalized spacial score (nSPS) is 23.4. The fourth-order valence-corrected chi connectivity index (χ4v) is 13.5. The predicted molar refractivity (Wildman–Crippen MR) is 383 cm³/mol. The molecule has 11 heterocycles. The highest BCUT2D eigenvalue weighted by Gasteiger charge is 2.46. The number of amides is 3. The summed E-state index contributed by atoms with van der Waals surface area (Å²) < 4.78 is 139. The molecule has 0 unspecified atom stereocenters. The molecule has 0 bridgehead atoms. The maximum absolute atomic E-state index is 13.2. The van der Waals surface area contributed by atoms with E-state index in [-0.39, 0.29) is 124 Å². The summed E-state index contributed by atoms with van der Waals surface area (Å²) in [6, 6.07) is 5.55. The van der Waals surface area contributed by atoms with Crippen LogP contribution in [0, 0.1) is 13.8 Å². The summed E-state index contributed by atoms with van der Waals surface area (Å²) in [5, 5.41) is 48.9. The Morgan fingerprint density at radius 1 is 0.527 bits per heavy atom. The highest BCUT2D eigenvalue weighted by Crippen LogP contribution is 2.35. The number of aliphatic hydroxyl groups is 3. The third kappa shape index (κ3) is 21.3. The maximum atomic E-state index is 13.2. The number of alkyl halides is 9. The second kappa shape index (κ2) is 36.8. The Labute approximate surface area is 633 Å². The average Bonchev–Trinajstić information content (AvgIpc) is 1.65. The van der Waals surface area contributed by atoms with E-state index in [4.69, 9.17) is 24.7 Å². The number of hydrogen-bond donors (Lipinski definition) is 7. The lowest BCUT2D eigenvalue weighted by Crippen LogP contribution is -2.55. The summed E-state index contributed by atoms with van der Waals surface area (Å²) >= 11 is 0. The molecule has 8 N–H and O–H groups in total. The van der Waals surface area contributed by atoms with Crippen LogP contribution in [0.25, 0.3) is 0 Å². The van der Waals surface area contributed by atoms with Crippen molar-refractivity contribution in [2.75, 3.05) is 111 Å². The number of nitrogens with two attached hydrogens (primary N) is 1. The molecule has 12 atom stereocenters. The van der Waals surface area contributed by atoms with Crippen molar-refractivity contribution < 1.29 is 89.6 Å². The van der Waals surface area contributed by atoms with E-state index in [9.17, 15) is 78.8 Å². The van der Waals surface area contributed by atoms with E-state index in [1.807, 2.05) is 38.1 Å². The fourth-order valence-electron chi connectivity index (χ4n) is 13.5. The smallest absolute Gasteiger partial charge is 0.419 e. The van der Waals surface area contributed by atoms with Gasteiger partial charge in [0.1, 0.15) is 24.1 Å². The Hall–Kier alpha value is -9.19. The minimum atomic E-state index is -4.53. The van der Waals surface area contributed by atoms with Gasteiger partial charge in [-0.25, -0.2) is 39.7 Å². The summed E-state index contributed by atoms with van der Waals surface area (Å²) in [6.45, 7) is 12.8. The van der Waals surface area contributed by atoms with Crippen LogP contribution < -0.4 is 46.9 Å². The fraction of sp³-hybridized carbons (Fsp3) is 0.580. The number of aliphatic hydroxyl groups excluding tert-OH is 3. The number of rotatable bonds is 22. The standard InChI is InChI=1S/C30H36F3N7O5.C22H28F3N7O4.C17H24F3N5O3.ClH.H2/c1-18(37-23-14-36-40(27(42)19(23)2)15-20-4-6-22(44-3)7-5-20)17-45-26-9-11-39(28(26)43)24-8-10-38(16-25(24)41)29-34-12-21(13-35-29)30(31,32)33;1-12(29-15-9-28-30-19(34)13(15)2)11-36-18-4-6-32(20(18)35)16-3-5-31(10-17(16)33)21-26-7-14(8-27-21)22(23,24)25;1-10(21)9-28-14-3-5-25(15(14)27)12-2-4-24(8-13(12)26)16-22-6-11(7-23-16)17(18,19)20;;/h4-7,12-14,18,24-26,37,41H,8-11,15-17H2,1-3H3;7-9,12,16-18,33H,3-6,10-11H2,1-2H3,(H2,29,30,34);6-7,10,12-14,26H,2-5,8-9,21H2,1H3;2*1H/t18-,24+,25+,26+;12-,16+,17+,18+;10-,12+,13+,14+;;/m000../s1.